The molecule has 1 spiro atoms. The summed E-state index contributed by atoms with van der Waals surface area (Å²) in [7, 11) is 0. The van der Waals surface area contributed by atoms with Crippen molar-refractivity contribution in [2.24, 2.45) is 0 Å². The van der Waals surface area contributed by atoms with E-state index in [4.69, 9.17) is 16.3 Å². The van der Waals surface area contributed by atoms with Gasteiger partial charge in [-0.2, -0.15) is 18.3 Å². The van der Waals surface area contributed by atoms with Gasteiger partial charge in [-0.15, -0.1) is 0 Å². The minimum atomic E-state index is -4.65. The quantitative estimate of drug-likeness (QED) is 0.218. The highest BCUT2D eigenvalue weighted by atomic mass is 35.5. The van der Waals surface area contributed by atoms with Crippen LogP contribution in [0.3, 0.4) is 0 Å². The lowest BCUT2D eigenvalue weighted by Crippen LogP contribution is -2.51. The van der Waals surface area contributed by atoms with E-state index in [1.165, 1.54) is 40.4 Å². The first-order valence-corrected chi connectivity index (χ1v) is 16.5. The van der Waals surface area contributed by atoms with Crippen molar-refractivity contribution in [1.82, 2.24) is 39.4 Å². The maximum atomic E-state index is 14.7. The van der Waals surface area contributed by atoms with Gasteiger partial charge in [0.1, 0.15) is 24.2 Å². The third kappa shape index (κ3) is 7.35. The van der Waals surface area contributed by atoms with Gasteiger partial charge in [0.2, 0.25) is 5.91 Å². The number of aliphatic hydroxyl groups is 1. The van der Waals surface area contributed by atoms with Crippen LogP contribution in [-0.2, 0) is 40.8 Å². The first-order valence-electron chi connectivity index (χ1n) is 16.1. The molecular weight excluding hydrogens is 711 g/mol. The van der Waals surface area contributed by atoms with Gasteiger partial charge >= 0.3 is 6.18 Å². The molecule has 0 unspecified atom stereocenters. The number of aromatic amines is 1. The number of rotatable bonds is 7. The Bertz CT molecular complexity index is 2120. The van der Waals surface area contributed by atoms with Crippen molar-refractivity contribution in [3.05, 3.63) is 92.6 Å². The minimum absolute atomic E-state index is 0.0875. The number of aliphatic hydroxyl groups excluding tert-OH is 1. The summed E-state index contributed by atoms with van der Waals surface area (Å²) >= 11 is 6.10. The smallest absolute Gasteiger partial charge is 0.416 e. The van der Waals surface area contributed by atoms with Crippen LogP contribution >= 0.6 is 11.6 Å². The topological polar surface area (TPSA) is 193 Å². The number of aromatic nitrogens is 7. The highest BCUT2D eigenvalue weighted by Crippen LogP contribution is 2.39. The number of benzene rings is 1. The molecule has 1 saturated heterocycles. The summed E-state index contributed by atoms with van der Waals surface area (Å²) in [4.78, 5) is 56.0. The Balaban J connectivity index is 1.42. The van der Waals surface area contributed by atoms with Crippen LogP contribution in [0.1, 0.15) is 45.8 Å². The Kier molecular flexibility index (Phi) is 10.3. The average molecular weight is 744 g/mol. The van der Waals surface area contributed by atoms with E-state index in [9.17, 15) is 37.8 Å². The van der Waals surface area contributed by atoms with Crippen molar-refractivity contribution >= 4 is 29.1 Å². The highest BCUT2D eigenvalue weighted by molar-refractivity contribution is 6.33. The van der Waals surface area contributed by atoms with Gasteiger partial charge in [-0.25, -0.2) is 19.6 Å². The highest BCUT2D eigenvalue weighted by Gasteiger charge is 2.45. The molecule has 0 saturated carbocycles. The molecule has 1 fully saturated rings. The van der Waals surface area contributed by atoms with Crippen LogP contribution < -0.4 is 10.9 Å². The van der Waals surface area contributed by atoms with Crippen LogP contribution in [-0.4, -0.2) is 87.7 Å². The molecular formula is C33H33ClF3N9O6. The number of fused-ring (bicyclic) bond motifs is 2. The van der Waals surface area contributed by atoms with Crippen LogP contribution in [0.2, 0.25) is 5.02 Å². The number of piperidine rings is 1. The molecule has 3 aromatic heterocycles. The van der Waals surface area contributed by atoms with E-state index in [1.54, 1.807) is 6.92 Å². The fraction of sp³-hybridized carbons (Fsp3) is 0.364. The monoisotopic (exact) mass is 743 g/mol. The third-order valence-electron chi connectivity index (χ3n) is 8.95. The maximum Gasteiger partial charge on any atom is 0.416 e. The first kappa shape index (κ1) is 36.5. The second-order valence-electron chi connectivity index (χ2n) is 12.1. The largest absolute Gasteiger partial charge is 0.505 e. The van der Waals surface area contributed by atoms with E-state index in [0.29, 0.717) is 23.0 Å². The van der Waals surface area contributed by atoms with E-state index in [2.05, 4.69) is 30.5 Å². The number of likely N-dealkylation sites (tertiary alicyclic amines) is 1. The molecule has 4 N–H and O–H groups in total. The molecule has 4 aromatic rings. The molecule has 2 aliphatic heterocycles. The number of amides is 2. The molecule has 1 aromatic carbocycles. The maximum absolute atomic E-state index is 14.7. The van der Waals surface area contributed by atoms with Crippen molar-refractivity contribution in [1.29, 1.82) is 0 Å². The summed E-state index contributed by atoms with van der Waals surface area (Å²) in [6, 6.07) is 5.33. The number of hydrogen-bond acceptors (Lipinski definition) is 10. The molecule has 274 valence electrons. The summed E-state index contributed by atoms with van der Waals surface area (Å²) < 4.78 is 48.5. The number of hydrogen-bond donors (Lipinski definition) is 4. The number of nitrogens with one attached hydrogen (secondary N) is 2. The Morgan fingerprint density at radius 3 is 2.62 bits per heavy atom. The molecule has 0 aliphatic carbocycles. The molecule has 0 radical (unpaired) electrons. The number of alkyl halides is 3. The summed E-state index contributed by atoms with van der Waals surface area (Å²) in [5, 5.41) is 29.0. The predicted octanol–water partition coefficient (Wildman–Crippen LogP) is 3.37. The normalized spacial score (nSPS) is 15.2. The van der Waals surface area contributed by atoms with Crippen LogP contribution in [0.15, 0.2) is 53.8 Å². The zero-order valence-electron chi connectivity index (χ0n) is 27.7. The van der Waals surface area contributed by atoms with Crippen molar-refractivity contribution in [2.75, 3.05) is 31.6 Å². The van der Waals surface area contributed by atoms with Crippen LogP contribution in [0.25, 0.3) is 11.4 Å². The number of carbonyl (C=O) groups excluding carboxylic acids is 2. The molecule has 19 heteroatoms. The molecule has 6 rings (SSSR count). The average Bonchev–Trinajstić information content (AvgIpc) is 3.49. The zero-order chi connectivity index (χ0) is 37.2. The predicted molar refractivity (Wildman–Crippen MR) is 179 cm³/mol. The Morgan fingerprint density at radius 1 is 1.15 bits per heavy atom. The molecule has 0 atom stereocenters. The van der Waals surface area contributed by atoms with Crippen molar-refractivity contribution in [3.8, 4) is 17.1 Å². The summed E-state index contributed by atoms with van der Waals surface area (Å²) in [5.41, 5.74) is -1.64. The van der Waals surface area contributed by atoms with E-state index in [-0.39, 0.29) is 85.7 Å². The van der Waals surface area contributed by atoms with Gasteiger partial charge in [-0.1, -0.05) is 11.6 Å². The summed E-state index contributed by atoms with van der Waals surface area (Å²) in [5.74, 6) is -1.48. The first-order chi connectivity index (χ1) is 24.8. The van der Waals surface area contributed by atoms with E-state index in [0.717, 1.165) is 16.8 Å². The fourth-order valence-electron chi connectivity index (χ4n) is 6.29. The van der Waals surface area contributed by atoms with E-state index >= 15 is 0 Å². The van der Waals surface area contributed by atoms with Gasteiger partial charge in [-0.3, -0.25) is 24.2 Å². The standard InChI is InChI=1S/C33H33ClF3N9O6/c1-19-21(16-41-45(19)12-13-47)29-40-18-39-24-6-14-52-32(7-10-44(11-8-32)31(51)28-25(48)3-2-9-38-28)27(24)30(50)46(43-29)17-26(49)42-23-5-4-20(15-22(23)34)33(35,36)37/h2-5,9,15-16,18,47-48H,6-8,10-14,17H2,1H3,(H,42,49)(H,39,40,43). The van der Waals surface area contributed by atoms with Crippen LogP contribution in [0, 0.1) is 6.92 Å². The van der Waals surface area contributed by atoms with Gasteiger partial charge in [0.25, 0.3) is 11.5 Å². The number of carbonyl (C=O) groups is 2. The number of nitrogens with zero attached hydrogens (tertiary/aromatic N) is 7. The van der Waals surface area contributed by atoms with Crippen LogP contribution in [0.4, 0.5) is 18.9 Å². The van der Waals surface area contributed by atoms with E-state index < -0.39 is 41.3 Å². The van der Waals surface area contributed by atoms with Gasteiger partial charge in [0.05, 0.1) is 59.0 Å². The van der Waals surface area contributed by atoms with Gasteiger partial charge in [0.15, 0.2) is 11.5 Å². The Labute approximate surface area is 298 Å². The van der Waals surface area contributed by atoms with Gasteiger partial charge in [-0.05, 0) is 50.1 Å². The zero-order valence-corrected chi connectivity index (χ0v) is 28.4. The van der Waals surface area contributed by atoms with E-state index in [1.807, 2.05) is 0 Å². The number of H-pyrrole nitrogens is 1. The van der Waals surface area contributed by atoms with Crippen molar-refractivity contribution in [3.63, 3.8) is 0 Å². The summed E-state index contributed by atoms with van der Waals surface area (Å²) in [6.45, 7) is 1.51. The Hall–Kier alpha value is -5.33. The lowest BCUT2D eigenvalue weighted by Gasteiger charge is -2.43. The van der Waals surface area contributed by atoms with Crippen molar-refractivity contribution < 1.29 is 37.7 Å². The van der Waals surface area contributed by atoms with Gasteiger partial charge in [0, 0.05) is 31.4 Å². The second kappa shape index (κ2) is 14.7. The van der Waals surface area contributed by atoms with Gasteiger partial charge < -0.3 is 25.2 Å². The fourth-order valence-corrected chi connectivity index (χ4v) is 6.52. The molecule has 2 amide bonds. The number of halogens is 4. The summed E-state index contributed by atoms with van der Waals surface area (Å²) in [6.07, 6.45) is 0.0242. The molecule has 15 nitrogen and oxygen atoms in total. The number of anilines is 1. The molecule has 2 aliphatic rings. The molecule has 52 heavy (non-hydrogen) atoms. The lowest BCUT2D eigenvalue weighted by atomic mass is 9.81. The molecule has 5 heterocycles. The second-order valence-corrected chi connectivity index (χ2v) is 12.5. The number of pyridine rings is 1. The SMILES string of the molecule is Cc1c(-c2ncnc3c(c(=O)n(CC(=O)Nc4ccc(C(F)(F)F)cc4Cl)[nH]2)C2(CCN(C(=O)c4ncccc4O)CC2)OCC3)cnn1CCO. The minimum Gasteiger partial charge on any atom is -0.505 e. The van der Waals surface area contributed by atoms with Crippen LogP contribution in [0.5, 0.6) is 5.75 Å². The number of aromatic hydroxyl groups is 1. The molecule has 0 bridgehead atoms. The third-order valence-corrected chi connectivity index (χ3v) is 9.26. The van der Waals surface area contributed by atoms with Crippen molar-refractivity contribution in [2.45, 2.75) is 51.1 Å². The number of ether oxygens (including phenoxy) is 1. The lowest BCUT2D eigenvalue weighted by molar-refractivity contribution is -0.137. The Morgan fingerprint density at radius 2 is 1.92 bits per heavy atom.